The molecule has 240 valence electrons. The van der Waals surface area contributed by atoms with Crippen LogP contribution in [-0.2, 0) is 32.4 Å². The first-order valence-corrected chi connectivity index (χ1v) is 15.4. The molecule has 0 unspecified atom stereocenters. The third-order valence-electron chi connectivity index (χ3n) is 7.97. The minimum Gasteiger partial charge on any atom is -0.434 e. The Bertz CT molecular complexity index is 1470. The van der Waals surface area contributed by atoms with Gasteiger partial charge in [0.1, 0.15) is 11.4 Å². The zero-order valence-corrected chi connectivity index (χ0v) is 25.4. The van der Waals surface area contributed by atoms with Gasteiger partial charge in [-0.2, -0.15) is 0 Å². The number of carbonyl (C=O) groups excluding carboxylic acids is 2. The maximum Gasteiger partial charge on any atom is 0.510 e. The van der Waals surface area contributed by atoms with Gasteiger partial charge < -0.3 is 9.47 Å². The molecule has 2 aliphatic rings. The van der Waals surface area contributed by atoms with Gasteiger partial charge in [-0.05, 0) is 54.0 Å². The van der Waals surface area contributed by atoms with Gasteiger partial charge in [-0.3, -0.25) is 29.9 Å². The van der Waals surface area contributed by atoms with Gasteiger partial charge in [0.05, 0.1) is 25.1 Å². The lowest BCUT2D eigenvalue weighted by molar-refractivity contribution is -0.492. The van der Waals surface area contributed by atoms with Gasteiger partial charge >= 0.3 is 6.16 Å². The molecule has 0 radical (unpaired) electrons. The average Bonchev–Trinajstić information content (AvgIpc) is 3.78. The van der Waals surface area contributed by atoms with Gasteiger partial charge in [0, 0.05) is 12.0 Å². The number of tetrazole rings is 1. The summed E-state index contributed by atoms with van der Waals surface area (Å²) in [4.78, 5) is 37.9. The van der Waals surface area contributed by atoms with Crippen LogP contribution in [0.15, 0.2) is 53.5 Å². The molecule has 1 fully saturated rings. The second kappa shape index (κ2) is 15.2. The highest BCUT2D eigenvalue weighted by Gasteiger charge is 2.49. The average molecular weight is 622 g/mol. The Kier molecular flexibility index (Phi) is 10.8. The highest BCUT2D eigenvalue weighted by atomic mass is 17.1. The number of carbonyl (C=O) groups is 2. The molecule has 1 aliphatic carbocycles. The van der Waals surface area contributed by atoms with Crippen molar-refractivity contribution in [3.63, 3.8) is 0 Å². The van der Waals surface area contributed by atoms with Crippen molar-refractivity contribution < 1.29 is 34.3 Å². The number of unbranched alkanes of at least 4 members (excludes halogenated alkanes) is 2. The fourth-order valence-corrected chi connectivity index (χ4v) is 5.66. The molecule has 2 aromatic carbocycles. The Morgan fingerprint density at radius 1 is 0.978 bits per heavy atom. The Hall–Kier alpha value is -4.24. The molecule has 0 bridgehead atoms. The first kappa shape index (κ1) is 32.2. The monoisotopic (exact) mass is 621 g/mol. The normalized spacial score (nSPS) is 15.7. The summed E-state index contributed by atoms with van der Waals surface area (Å²) in [5.74, 6) is 1.44. The first-order valence-electron chi connectivity index (χ1n) is 15.4. The van der Waals surface area contributed by atoms with E-state index in [1.807, 2.05) is 53.4 Å². The van der Waals surface area contributed by atoms with Crippen molar-refractivity contribution in [2.75, 3.05) is 13.2 Å². The number of aliphatic imine (C=N–C) groups is 1. The van der Waals surface area contributed by atoms with Crippen molar-refractivity contribution in [3.8, 4) is 22.5 Å². The summed E-state index contributed by atoms with van der Waals surface area (Å²) in [5, 5.41) is 29.1. The highest BCUT2D eigenvalue weighted by Crippen LogP contribution is 2.40. The molecule has 2 heterocycles. The summed E-state index contributed by atoms with van der Waals surface area (Å²) in [6.07, 6.45) is 6.68. The van der Waals surface area contributed by atoms with E-state index in [9.17, 15) is 9.59 Å². The fourth-order valence-electron chi connectivity index (χ4n) is 5.66. The fraction of sp³-hybridized carbons (Fsp3) is 0.484. The Morgan fingerprint density at radius 2 is 1.71 bits per heavy atom. The number of nitrogens with zero attached hydrogens (tertiary/aromatic N) is 7. The van der Waals surface area contributed by atoms with E-state index in [1.165, 1.54) is 0 Å². The van der Waals surface area contributed by atoms with E-state index in [1.54, 1.807) is 0 Å². The van der Waals surface area contributed by atoms with Crippen LogP contribution in [0.25, 0.3) is 22.5 Å². The molecule has 45 heavy (non-hydrogen) atoms. The van der Waals surface area contributed by atoms with Crippen molar-refractivity contribution in [1.82, 2.24) is 30.5 Å². The molecular formula is C31H39N7O7. The molecule has 5 rings (SSSR count). The number of ether oxygens (including phenoxy) is 2. The van der Waals surface area contributed by atoms with Crippen LogP contribution >= 0.6 is 0 Å². The molecule has 1 aliphatic heterocycles. The molecule has 14 heteroatoms. The number of benzene rings is 2. The van der Waals surface area contributed by atoms with E-state index in [4.69, 9.17) is 24.9 Å². The van der Waals surface area contributed by atoms with Crippen LogP contribution in [0.2, 0.25) is 0 Å². The molecule has 1 saturated carbocycles. The molecule has 1 spiro atoms. The maximum atomic E-state index is 13.5. The van der Waals surface area contributed by atoms with Crippen molar-refractivity contribution >= 4 is 17.9 Å². The Labute approximate surface area is 261 Å². The van der Waals surface area contributed by atoms with Crippen LogP contribution in [0.5, 0.6) is 0 Å². The van der Waals surface area contributed by atoms with Crippen molar-refractivity contribution in [2.45, 2.75) is 83.5 Å². The second-order valence-corrected chi connectivity index (χ2v) is 11.2. The summed E-state index contributed by atoms with van der Waals surface area (Å²) >= 11 is 0. The van der Waals surface area contributed by atoms with Crippen molar-refractivity contribution in [3.05, 3.63) is 54.1 Å². The lowest BCUT2D eigenvalue weighted by Gasteiger charge is -2.23. The molecule has 1 aromatic heterocycles. The lowest BCUT2D eigenvalue weighted by Crippen LogP contribution is -2.40. The molecular weight excluding hydrogens is 582 g/mol. The van der Waals surface area contributed by atoms with Crippen molar-refractivity contribution in [2.24, 2.45) is 4.99 Å². The maximum absolute atomic E-state index is 13.5. The van der Waals surface area contributed by atoms with Gasteiger partial charge in [0.25, 0.3) is 5.91 Å². The largest absolute Gasteiger partial charge is 0.510 e. The predicted molar refractivity (Wildman–Crippen MR) is 160 cm³/mol. The van der Waals surface area contributed by atoms with Crippen LogP contribution in [-0.4, -0.2) is 77.6 Å². The number of hydrogen-bond acceptors (Lipinski definition) is 12. The van der Waals surface area contributed by atoms with E-state index in [0.29, 0.717) is 25.2 Å². The van der Waals surface area contributed by atoms with Crippen LogP contribution in [0.4, 0.5) is 4.79 Å². The van der Waals surface area contributed by atoms with Crippen LogP contribution < -0.4 is 0 Å². The van der Waals surface area contributed by atoms with Gasteiger partial charge in [-0.15, -0.1) is 15.0 Å². The minimum absolute atomic E-state index is 0.0537. The summed E-state index contributed by atoms with van der Waals surface area (Å²) in [7, 11) is 0. The molecule has 14 nitrogen and oxygen atoms in total. The van der Waals surface area contributed by atoms with E-state index in [-0.39, 0.29) is 31.2 Å². The summed E-state index contributed by atoms with van der Waals surface area (Å²) < 4.78 is 10.0. The quantitative estimate of drug-likeness (QED) is 0.131. The highest BCUT2D eigenvalue weighted by molar-refractivity contribution is 6.08. The zero-order chi connectivity index (χ0) is 31.6. The number of amidine groups is 1. The lowest BCUT2D eigenvalue weighted by atomic mass is 9.97. The molecule has 0 saturated heterocycles. The van der Waals surface area contributed by atoms with Gasteiger partial charge in [0.15, 0.2) is 0 Å². The summed E-state index contributed by atoms with van der Waals surface area (Å²) in [5.41, 5.74) is 3.12. The van der Waals surface area contributed by atoms with Gasteiger partial charge in [-0.25, -0.2) is 4.79 Å². The topological polar surface area (TPSA) is 165 Å². The minimum atomic E-state index is -0.890. The number of rotatable bonds is 15. The van der Waals surface area contributed by atoms with Crippen LogP contribution in [0.1, 0.15) is 70.3 Å². The summed E-state index contributed by atoms with van der Waals surface area (Å²) in [6, 6.07) is 15.8. The van der Waals surface area contributed by atoms with Crippen molar-refractivity contribution in [1.29, 1.82) is 0 Å². The molecule has 2 N–H and O–H groups in total. The third-order valence-corrected chi connectivity index (χ3v) is 7.97. The first-order chi connectivity index (χ1) is 21.9. The number of aromatic nitrogens is 4. The van der Waals surface area contributed by atoms with E-state index >= 15 is 0 Å². The SMILES string of the molecule is CCCCC1=NC2(CCCC2)C(=O)N1Cc1ccc(-c2ccccc2-c2nnn(COC(=O)OCCCCON(O)O)n2)cc1. The Morgan fingerprint density at radius 3 is 2.44 bits per heavy atom. The van der Waals surface area contributed by atoms with Crippen LogP contribution in [0.3, 0.4) is 0 Å². The molecule has 3 aromatic rings. The molecule has 0 atom stereocenters. The smallest absolute Gasteiger partial charge is 0.434 e. The van der Waals surface area contributed by atoms with Gasteiger partial charge in [0.2, 0.25) is 12.6 Å². The Balaban J connectivity index is 1.19. The van der Waals surface area contributed by atoms with Gasteiger partial charge in [-0.1, -0.05) is 74.7 Å². The molecule has 1 amide bonds. The zero-order valence-electron chi connectivity index (χ0n) is 25.4. The second-order valence-electron chi connectivity index (χ2n) is 11.2. The number of hydrogen-bond donors (Lipinski definition) is 2. The van der Waals surface area contributed by atoms with E-state index in [0.717, 1.165) is 77.8 Å². The standard InChI is InChI=1S/C31H39N7O7/c1-2-3-12-27-32-31(17-6-7-18-31)29(39)36(27)21-23-13-15-24(16-14-23)25-10-4-5-11-26(25)28-33-35-37(34-28)22-44-30(40)43-19-8-9-20-45-38(41)42/h4-5,10-11,13-16,41-42H,2-3,6-9,12,17-22H2,1H3. The summed E-state index contributed by atoms with van der Waals surface area (Å²) in [6.45, 7) is 2.50. The van der Waals surface area contributed by atoms with E-state index in [2.05, 4.69) is 27.2 Å². The third kappa shape index (κ3) is 8.08. The number of amides is 1. The predicted octanol–water partition coefficient (Wildman–Crippen LogP) is 5.15. The van der Waals surface area contributed by atoms with E-state index < -0.39 is 11.7 Å². The van der Waals surface area contributed by atoms with Crippen LogP contribution in [0, 0.1) is 0 Å².